The quantitative estimate of drug-likeness (QED) is 0.645. The number of carbonyl (C=O) groups is 1. The van der Waals surface area contributed by atoms with Crippen molar-refractivity contribution in [2.45, 2.75) is 37.4 Å². The van der Waals surface area contributed by atoms with Gasteiger partial charge in [-0.05, 0) is 42.5 Å². The van der Waals surface area contributed by atoms with E-state index in [9.17, 15) is 9.90 Å². The molecule has 7 heteroatoms. The Bertz CT molecular complexity index is 861. The van der Waals surface area contributed by atoms with E-state index >= 15 is 0 Å². The highest BCUT2D eigenvalue weighted by Crippen LogP contribution is 2.35. The first-order valence-corrected chi connectivity index (χ1v) is 10.7. The summed E-state index contributed by atoms with van der Waals surface area (Å²) in [5, 5.41) is 16.2. The van der Waals surface area contributed by atoms with Crippen LogP contribution in [0.4, 0.5) is 5.69 Å². The van der Waals surface area contributed by atoms with Crippen LogP contribution in [0.25, 0.3) is 0 Å². The molecule has 2 aromatic rings. The summed E-state index contributed by atoms with van der Waals surface area (Å²) in [5.41, 5.74) is 3.15. The number of ether oxygens (including phenoxy) is 1. The van der Waals surface area contributed by atoms with Gasteiger partial charge in [-0.15, -0.1) is 0 Å². The van der Waals surface area contributed by atoms with E-state index in [1.165, 1.54) is 5.56 Å². The van der Waals surface area contributed by atoms with Crippen LogP contribution in [0.3, 0.4) is 0 Å². The van der Waals surface area contributed by atoms with Gasteiger partial charge in [0.25, 0.3) is 5.91 Å². The molecule has 1 saturated heterocycles. The largest absolute Gasteiger partial charge is 0.478 e. The number of nitrogens with one attached hydrogen (secondary N) is 2. The first-order chi connectivity index (χ1) is 14.7. The molecular weight excluding hydrogens is 380 g/mol. The summed E-state index contributed by atoms with van der Waals surface area (Å²) in [5.74, 6) is 0.316. The third-order valence-electron chi connectivity index (χ3n) is 5.98. The highest BCUT2D eigenvalue weighted by molar-refractivity contribution is 5.82. The van der Waals surface area contributed by atoms with Crippen molar-refractivity contribution >= 4 is 11.6 Å². The lowest BCUT2D eigenvalue weighted by Gasteiger charge is -2.31. The van der Waals surface area contributed by atoms with Gasteiger partial charge >= 0.3 is 0 Å². The average Bonchev–Trinajstić information content (AvgIpc) is 3.21. The minimum atomic E-state index is -0.716. The number of amides is 1. The van der Waals surface area contributed by atoms with E-state index in [-0.39, 0.29) is 17.9 Å². The molecule has 0 bridgehead atoms. The summed E-state index contributed by atoms with van der Waals surface area (Å²) >= 11 is 0. The zero-order valence-corrected chi connectivity index (χ0v) is 17.4. The molecule has 30 heavy (non-hydrogen) atoms. The molecule has 0 aliphatic carbocycles. The van der Waals surface area contributed by atoms with Gasteiger partial charge in [-0.25, -0.2) is 0 Å². The van der Waals surface area contributed by atoms with Crippen LogP contribution < -0.4 is 15.4 Å². The van der Waals surface area contributed by atoms with Crippen LogP contribution in [-0.2, 0) is 11.2 Å². The average molecular weight is 411 g/mol. The van der Waals surface area contributed by atoms with Crippen molar-refractivity contribution in [3.63, 3.8) is 0 Å². The number of aliphatic hydroxyl groups is 1. The Kier molecular flexibility index (Phi) is 6.50. The maximum absolute atomic E-state index is 13.0. The zero-order valence-electron chi connectivity index (χ0n) is 17.4. The third kappa shape index (κ3) is 4.57. The number of hydrogen-bond acceptors (Lipinski definition) is 6. The van der Waals surface area contributed by atoms with E-state index in [1.54, 1.807) is 19.4 Å². The summed E-state index contributed by atoms with van der Waals surface area (Å²) in [6.07, 6.45) is 5.34. The molecule has 1 unspecified atom stereocenters. The molecule has 160 valence electrons. The Balaban J connectivity index is 1.66. The van der Waals surface area contributed by atoms with Crippen molar-refractivity contribution in [1.29, 1.82) is 0 Å². The number of anilines is 1. The van der Waals surface area contributed by atoms with Crippen molar-refractivity contribution in [2.24, 2.45) is 0 Å². The molecule has 0 spiro atoms. The number of likely N-dealkylation sites (N-methyl/N-ethyl adjacent to an activating group) is 1. The second-order valence-electron chi connectivity index (χ2n) is 8.07. The molecule has 7 nitrogen and oxygen atoms in total. The highest BCUT2D eigenvalue weighted by Gasteiger charge is 2.35. The number of β-amino-alcohol motifs (C(OH)–C–C–N with tert-alkyl or cyclic N) is 1. The number of likely N-dealkylation sites (tertiary alicyclic amines) is 1. The smallest absolute Gasteiger partial charge is 0.261 e. The van der Waals surface area contributed by atoms with Gasteiger partial charge in [0.05, 0.1) is 11.8 Å². The molecule has 3 N–H and O–H groups in total. The molecule has 1 fully saturated rings. The lowest BCUT2D eigenvalue weighted by atomic mass is 9.93. The fourth-order valence-corrected chi connectivity index (χ4v) is 4.40. The van der Waals surface area contributed by atoms with Gasteiger partial charge < -0.3 is 20.5 Å². The second kappa shape index (κ2) is 9.45. The molecule has 1 aromatic heterocycles. The summed E-state index contributed by atoms with van der Waals surface area (Å²) in [6, 6.07) is 9.88. The number of hydrogen-bond donors (Lipinski definition) is 3. The molecule has 3 heterocycles. The molecule has 2 aliphatic heterocycles. The number of para-hydroxylation sites is 1. The minimum absolute atomic E-state index is 0.169. The Morgan fingerprint density at radius 1 is 1.40 bits per heavy atom. The van der Waals surface area contributed by atoms with Gasteiger partial charge in [-0.2, -0.15) is 0 Å². The van der Waals surface area contributed by atoms with Crippen LogP contribution in [0, 0.1) is 0 Å². The summed E-state index contributed by atoms with van der Waals surface area (Å²) in [6.45, 7) is 2.93. The SMILES string of the molecule is CNC(=O)C(Oc1cccc2c1NCCC2)[C@H](CN1CC[C@H](O)C1)c1cccnc1. The van der Waals surface area contributed by atoms with Gasteiger partial charge in [-0.1, -0.05) is 18.2 Å². The number of pyridine rings is 1. The fraction of sp³-hybridized carbons (Fsp3) is 0.478. The number of rotatable bonds is 7. The number of carbonyl (C=O) groups excluding carboxylic acids is 1. The monoisotopic (exact) mass is 410 g/mol. The molecule has 0 radical (unpaired) electrons. The zero-order chi connectivity index (χ0) is 20.9. The molecule has 2 aliphatic rings. The van der Waals surface area contributed by atoms with Gasteiger partial charge in [0.2, 0.25) is 0 Å². The predicted octanol–water partition coefficient (Wildman–Crippen LogP) is 1.78. The lowest BCUT2D eigenvalue weighted by Crippen LogP contribution is -2.45. The molecule has 1 amide bonds. The Morgan fingerprint density at radius 2 is 2.30 bits per heavy atom. The predicted molar refractivity (Wildman–Crippen MR) is 116 cm³/mol. The van der Waals surface area contributed by atoms with E-state index in [1.807, 2.05) is 24.3 Å². The number of nitrogens with zero attached hydrogens (tertiary/aromatic N) is 2. The van der Waals surface area contributed by atoms with Crippen molar-refractivity contribution in [1.82, 2.24) is 15.2 Å². The number of benzene rings is 1. The maximum atomic E-state index is 13.0. The van der Waals surface area contributed by atoms with E-state index in [4.69, 9.17) is 4.74 Å². The standard InChI is InChI=1S/C23H30N4O3/c1-24-23(29)22(30-20-8-2-5-16-6-4-11-26-21(16)20)19(17-7-3-10-25-13-17)15-27-12-9-18(28)14-27/h2-3,5,7-8,10,13,18-19,22,26,28H,4,6,9,11-12,14-15H2,1H3,(H,24,29)/t18-,19+,22?/m0/s1. The number of aryl methyl sites for hydroxylation is 1. The summed E-state index contributed by atoms with van der Waals surface area (Å²) in [7, 11) is 1.64. The van der Waals surface area contributed by atoms with Crippen molar-refractivity contribution in [3.8, 4) is 5.75 Å². The van der Waals surface area contributed by atoms with E-state index in [0.717, 1.165) is 43.6 Å². The molecule has 4 rings (SSSR count). The number of aromatic nitrogens is 1. The van der Waals surface area contributed by atoms with Crippen LogP contribution in [0.15, 0.2) is 42.7 Å². The molecular formula is C23H30N4O3. The number of aliphatic hydroxyl groups excluding tert-OH is 1. The van der Waals surface area contributed by atoms with Gasteiger partial charge in [-0.3, -0.25) is 14.7 Å². The molecule has 3 atom stereocenters. The van der Waals surface area contributed by atoms with E-state index < -0.39 is 6.10 Å². The van der Waals surface area contributed by atoms with E-state index in [0.29, 0.717) is 18.8 Å². The molecule has 1 aromatic carbocycles. The molecule has 0 saturated carbocycles. The number of fused-ring (bicyclic) bond motifs is 1. The second-order valence-corrected chi connectivity index (χ2v) is 8.07. The van der Waals surface area contributed by atoms with Crippen LogP contribution in [-0.4, -0.2) is 66.3 Å². The third-order valence-corrected chi connectivity index (χ3v) is 5.98. The van der Waals surface area contributed by atoms with Crippen LogP contribution in [0.2, 0.25) is 0 Å². The summed E-state index contributed by atoms with van der Waals surface area (Å²) in [4.78, 5) is 19.5. The van der Waals surface area contributed by atoms with Crippen LogP contribution >= 0.6 is 0 Å². The van der Waals surface area contributed by atoms with Crippen molar-refractivity contribution < 1.29 is 14.6 Å². The normalized spacial score (nSPS) is 20.7. The van der Waals surface area contributed by atoms with Gasteiger partial charge in [0.1, 0.15) is 5.75 Å². The topological polar surface area (TPSA) is 86.7 Å². The van der Waals surface area contributed by atoms with Crippen molar-refractivity contribution in [2.75, 3.05) is 38.5 Å². The van der Waals surface area contributed by atoms with E-state index in [2.05, 4.69) is 26.6 Å². The van der Waals surface area contributed by atoms with Gasteiger partial charge in [0.15, 0.2) is 6.10 Å². The maximum Gasteiger partial charge on any atom is 0.261 e. The fourth-order valence-electron chi connectivity index (χ4n) is 4.40. The summed E-state index contributed by atoms with van der Waals surface area (Å²) < 4.78 is 6.43. The first kappa shape index (κ1) is 20.6. The van der Waals surface area contributed by atoms with Crippen molar-refractivity contribution in [3.05, 3.63) is 53.9 Å². The minimum Gasteiger partial charge on any atom is -0.478 e. The van der Waals surface area contributed by atoms with Crippen LogP contribution in [0.5, 0.6) is 5.75 Å². The lowest BCUT2D eigenvalue weighted by molar-refractivity contribution is -0.128. The van der Waals surface area contributed by atoms with Gasteiger partial charge in [0, 0.05) is 51.5 Å². The van der Waals surface area contributed by atoms with Crippen LogP contribution in [0.1, 0.15) is 29.9 Å². The Morgan fingerprint density at radius 3 is 3.03 bits per heavy atom. The highest BCUT2D eigenvalue weighted by atomic mass is 16.5. The Labute approximate surface area is 177 Å². The first-order valence-electron chi connectivity index (χ1n) is 10.7. The Hall–Kier alpha value is -2.64.